The van der Waals surface area contributed by atoms with Crippen LogP contribution in [-0.2, 0) is 6.42 Å². The van der Waals surface area contributed by atoms with Gasteiger partial charge in [0.1, 0.15) is 11.6 Å². The summed E-state index contributed by atoms with van der Waals surface area (Å²) < 4.78 is 6.01. The van der Waals surface area contributed by atoms with Gasteiger partial charge in [-0.15, -0.1) is 0 Å². The van der Waals surface area contributed by atoms with E-state index in [1.54, 1.807) is 6.26 Å². The molecule has 2 heterocycles. The van der Waals surface area contributed by atoms with Gasteiger partial charge in [-0.1, -0.05) is 6.92 Å². The monoisotopic (exact) mass is 281 g/mol. The van der Waals surface area contributed by atoms with Gasteiger partial charge < -0.3 is 10.2 Å². The number of furan rings is 1. The van der Waals surface area contributed by atoms with Crippen molar-refractivity contribution in [2.45, 2.75) is 20.3 Å². The number of nitrogen functional groups attached to an aromatic ring is 1. The molecule has 5 heteroatoms. The van der Waals surface area contributed by atoms with Gasteiger partial charge >= 0.3 is 0 Å². The largest absolute Gasteiger partial charge is 0.469 e. The highest BCUT2D eigenvalue weighted by Crippen LogP contribution is 2.27. The van der Waals surface area contributed by atoms with Crippen molar-refractivity contribution in [1.82, 2.24) is 9.97 Å². The maximum absolute atomic E-state index is 5.82. The lowest BCUT2D eigenvalue weighted by molar-refractivity contribution is 0.535. The summed E-state index contributed by atoms with van der Waals surface area (Å²) in [6, 6.07) is 1.84. The van der Waals surface area contributed by atoms with Crippen molar-refractivity contribution in [3.8, 4) is 11.4 Å². The van der Waals surface area contributed by atoms with E-state index in [1.165, 1.54) is 0 Å². The Labute approximate surface area is 102 Å². The minimum atomic E-state index is 0.461. The fourth-order valence-electron chi connectivity index (χ4n) is 1.48. The predicted octanol–water partition coefficient (Wildman–Crippen LogP) is 2.95. The predicted molar refractivity (Wildman–Crippen MR) is 66.0 cm³/mol. The molecule has 0 unspecified atom stereocenters. The molecule has 0 aliphatic carbocycles. The third-order valence-electron chi connectivity index (χ3n) is 2.38. The van der Waals surface area contributed by atoms with Crippen LogP contribution in [0, 0.1) is 6.92 Å². The maximum Gasteiger partial charge on any atom is 0.165 e. The Morgan fingerprint density at radius 2 is 2.19 bits per heavy atom. The van der Waals surface area contributed by atoms with Crippen LogP contribution in [0.1, 0.15) is 18.4 Å². The van der Waals surface area contributed by atoms with E-state index in [9.17, 15) is 0 Å². The van der Waals surface area contributed by atoms with E-state index in [4.69, 9.17) is 10.2 Å². The Bertz CT molecular complexity index is 522. The standard InChI is InChI=1S/C11H12BrN3O/c1-3-8-9(12)10(13)15-11(14-8)7-4-5-16-6(7)2/h4-5H,3H2,1-2H3,(H2,13,14,15). The summed E-state index contributed by atoms with van der Waals surface area (Å²) in [5.74, 6) is 1.87. The Kier molecular flexibility index (Phi) is 2.96. The van der Waals surface area contributed by atoms with E-state index in [-0.39, 0.29) is 0 Å². The molecular weight excluding hydrogens is 270 g/mol. The lowest BCUT2D eigenvalue weighted by Gasteiger charge is -2.06. The quantitative estimate of drug-likeness (QED) is 0.919. The highest BCUT2D eigenvalue weighted by atomic mass is 79.9. The van der Waals surface area contributed by atoms with Gasteiger partial charge in [-0.25, -0.2) is 9.97 Å². The number of nitrogens with two attached hydrogens (primary N) is 1. The molecule has 2 aromatic heterocycles. The van der Waals surface area contributed by atoms with E-state index in [2.05, 4.69) is 25.9 Å². The van der Waals surface area contributed by atoms with E-state index >= 15 is 0 Å². The Hall–Kier alpha value is -1.36. The summed E-state index contributed by atoms with van der Waals surface area (Å²) in [6.07, 6.45) is 2.43. The molecule has 0 amide bonds. The van der Waals surface area contributed by atoms with Crippen LogP contribution in [0.2, 0.25) is 0 Å². The molecule has 0 atom stereocenters. The first-order valence-electron chi connectivity index (χ1n) is 4.99. The molecule has 0 spiro atoms. The van der Waals surface area contributed by atoms with Gasteiger partial charge in [0.05, 0.1) is 22.0 Å². The number of hydrogen-bond acceptors (Lipinski definition) is 4. The van der Waals surface area contributed by atoms with Crippen LogP contribution >= 0.6 is 15.9 Å². The van der Waals surface area contributed by atoms with Gasteiger partial charge in [0.25, 0.3) is 0 Å². The SMILES string of the molecule is CCc1nc(-c2ccoc2C)nc(N)c1Br. The molecule has 0 fully saturated rings. The molecule has 4 nitrogen and oxygen atoms in total. The summed E-state index contributed by atoms with van der Waals surface area (Å²) in [5.41, 5.74) is 7.61. The number of rotatable bonds is 2. The topological polar surface area (TPSA) is 64.9 Å². The van der Waals surface area contributed by atoms with Gasteiger partial charge in [0.15, 0.2) is 5.82 Å². The summed E-state index contributed by atoms with van der Waals surface area (Å²) in [4.78, 5) is 8.70. The molecule has 0 radical (unpaired) electrons. The van der Waals surface area contributed by atoms with Gasteiger partial charge in [-0.2, -0.15) is 0 Å². The average molecular weight is 282 g/mol. The summed E-state index contributed by atoms with van der Waals surface area (Å²) in [6.45, 7) is 3.90. The molecule has 2 N–H and O–H groups in total. The third-order valence-corrected chi connectivity index (χ3v) is 3.24. The Balaban J connectivity index is 2.59. The van der Waals surface area contributed by atoms with Crippen LogP contribution in [0.25, 0.3) is 11.4 Å². The second kappa shape index (κ2) is 4.25. The van der Waals surface area contributed by atoms with Crippen molar-refractivity contribution >= 4 is 21.7 Å². The van der Waals surface area contributed by atoms with E-state index in [0.29, 0.717) is 11.6 Å². The number of halogens is 1. The minimum absolute atomic E-state index is 0.461. The Morgan fingerprint density at radius 1 is 1.44 bits per heavy atom. The van der Waals surface area contributed by atoms with Gasteiger partial charge in [0, 0.05) is 0 Å². The van der Waals surface area contributed by atoms with Crippen molar-refractivity contribution in [3.05, 3.63) is 28.3 Å². The molecule has 0 saturated heterocycles. The second-order valence-corrected chi connectivity index (χ2v) is 4.23. The van der Waals surface area contributed by atoms with Crippen molar-refractivity contribution in [2.24, 2.45) is 0 Å². The first-order valence-corrected chi connectivity index (χ1v) is 5.79. The van der Waals surface area contributed by atoms with Gasteiger partial charge in [-0.05, 0) is 35.3 Å². The first kappa shape index (κ1) is 11.1. The van der Waals surface area contributed by atoms with Gasteiger partial charge in [0.2, 0.25) is 0 Å². The molecule has 0 bridgehead atoms. The van der Waals surface area contributed by atoms with Crippen LogP contribution in [0.4, 0.5) is 5.82 Å². The van der Waals surface area contributed by atoms with E-state index < -0.39 is 0 Å². The summed E-state index contributed by atoms with van der Waals surface area (Å²) in [7, 11) is 0. The normalized spacial score (nSPS) is 10.7. The molecule has 2 aromatic rings. The smallest absolute Gasteiger partial charge is 0.165 e. The third kappa shape index (κ3) is 1.82. The lowest BCUT2D eigenvalue weighted by Crippen LogP contribution is -2.02. The van der Waals surface area contributed by atoms with Crippen LogP contribution in [0.5, 0.6) is 0 Å². The zero-order chi connectivity index (χ0) is 11.7. The zero-order valence-electron chi connectivity index (χ0n) is 9.12. The highest BCUT2D eigenvalue weighted by molar-refractivity contribution is 9.10. The van der Waals surface area contributed by atoms with Crippen molar-refractivity contribution in [1.29, 1.82) is 0 Å². The van der Waals surface area contributed by atoms with Crippen LogP contribution in [0.3, 0.4) is 0 Å². The molecule has 16 heavy (non-hydrogen) atoms. The number of anilines is 1. The minimum Gasteiger partial charge on any atom is -0.469 e. The fraction of sp³-hybridized carbons (Fsp3) is 0.273. The van der Waals surface area contributed by atoms with Crippen molar-refractivity contribution in [2.75, 3.05) is 5.73 Å². The lowest BCUT2D eigenvalue weighted by atomic mass is 10.2. The van der Waals surface area contributed by atoms with Crippen molar-refractivity contribution < 1.29 is 4.42 Å². The Morgan fingerprint density at radius 3 is 2.75 bits per heavy atom. The highest BCUT2D eigenvalue weighted by Gasteiger charge is 2.13. The van der Waals surface area contributed by atoms with Crippen LogP contribution in [-0.4, -0.2) is 9.97 Å². The maximum atomic E-state index is 5.82. The molecule has 0 aliphatic heterocycles. The molecule has 0 saturated carbocycles. The van der Waals surface area contributed by atoms with E-state index in [1.807, 2.05) is 19.9 Å². The summed E-state index contributed by atoms with van der Waals surface area (Å²) in [5, 5.41) is 0. The number of aryl methyl sites for hydroxylation is 2. The molecular formula is C11H12BrN3O. The molecule has 84 valence electrons. The van der Waals surface area contributed by atoms with Gasteiger partial charge in [-0.3, -0.25) is 0 Å². The van der Waals surface area contributed by atoms with Crippen LogP contribution < -0.4 is 5.73 Å². The number of hydrogen-bond donors (Lipinski definition) is 1. The number of aromatic nitrogens is 2. The van der Waals surface area contributed by atoms with E-state index in [0.717, 1.165) is 27.9 Å². The average Bonchev–Trinajstić information content (AvgIpc) is 2.68. The fourth-order valence-corrected chi connectivity index (χ4v) is 1.94. The first-order chi connectivity index (χ1) is 7.63. The second-order valence-electron chi connectivity index (χ2n) is 3.44. The van der Waals surface area contributed by atoms with Crippen LogP contribution in [0.15, 0.2) is 21.2 Å². The number of nitrogens with zero attached hydrogens (tertiary/aromatic N) is 2. The summed E-state index contributed by atoms with van der Waals surface area (Å²) >= 11 is 3.38. The molecule has 0 aliphatic rings. The molecule has 0 aromatic carbocycles. The zero-order valence-corrected chi connectivity index (χ0v) is 10.7. The molecule has 2 rings (SSSR count). The van der Waals surface area contributed by atoms with Crippen molar-refractivity contribution in [3.63, 3.8) is 0 Å².